The molecule has 0 unspecified atom stereocenters. The largest absolute Gasteiger partial charge is 0.496 e. The molecule has 1 aliphatic rings. The molecule has 110 valence electrons. The molecule has 1 amide bonds. The van der Waals surface area contributed by atoms with Crippen LogP contribution in [0, 0.1) is 0 Å². The summed E-state index contributed by atoms with van der Waals surface area (Å²) in [4.78, 5) is 12.2. The van der Waals surface area contributed by atoms with Gasteiger partial charge < -0.3 is 20.9 Å². The van der Waals surface area contributed by atoms with E-state index in [0.717, 1.165) is 32.1 Å². The molecule has 5 heteroatoms. The van der Waals surface area contributed by atoms with Crippen LogP contribution >= 0.6 is 0 Å². The fourth-order valence-electron chi connectivity index (χ4n) is 2.63. The van der Waals surface area contributed by atoms with E-state index < -0.39 is 5.60 Å². The van der Waals surface area contributed by atoms with Gasteiger partial charge in [0.05, 0.1) is 18.3 Å². The van der Waals surface area contributed by atoms with Gasteiger partial charge in [-0.1, -0.05) is 19.3 Å². The van der Waals surface area contributed by atoms with Crippen LogP contribution in [0.4, 0.5) is 5.69 Å². The Balaban J connectivity index is 2.03. The molecular formula is C15H22N2O3. The van der Waals surface area contributed by atoms with Crippen molar-refractivity contribution >= 4 is 11.6 Å². The number of aliphatic hydroxyl groups is 1. The monoisotopic (exact) mass is 278 g/mol. The second-order valence-corrected chi connectivity index (χ2v) is 5.43. The van der Waals surface area contributed by atoms with Crippen molar-refractivity contribution in [2.45, 2.75) is 37.7 Å². The van der Waals surface area contributed by atoms with E-state index in [1.807, 2.05) is 0 Å². The Hall–Kier alpha value is -1.75. The van der Waals surface area contributed by atoms with Crippen molar-refractivity contribution in [1.29, 1.82) is 0 Å². The number of hydrogen-bond donors (Lipinski definition) is 3. The van der Waals surface area contributed by atoms with Crippen molar-refractivity contribution < 1.29 is 14.6 Å². The van der Waals surface area contributed by atoms with Crippen LogP contribution in [0.3, 0.4) is 0 Å². The number of carbonyl (C=O) groups is 1. The molecule has 0 saturated heterocycles. The molecule has 0 aromatic heterocycles. The van der Waals surface area contributed by atoms with Gasteiger partial charge in [0.2, 0.25) is 0 Å². The quantitative estimate of drug-likeness (QED) is 0.732. The molecule has 1 saturated carbocycles. The molecular weight excluding hydrogens is 256 g/mol. The Labute approximate surface area is 119 Å². The van der Waals surface area contributed by atoms with Crippen LogP contribution < -0.4 is 15.8 Å². The number of benzene rings is 1. The molecule has 5 nitrogen and oxygen atoms in total. The van der Waals surface area contributed by atoms with Crippen molar-refractivity contribution in [3.63, 3.8) is 0 Å². The number of ether oxygens (including phenoxy) is 1. The molecule has 1 fully saturated rings. The van der Waals surface area contributed by atoms with Gasteiger partial charge >= 0.3 is 0 Å². The van der Waals surface area contributed by atoms with Crippen molar-refractivity contribution in [3.8, 4) is 5.75 Å². The SMILES string of the molecule is COc1ccc(N)cc1C(=O)NCC1(O)CCCCC1. The Bertz CT molecular complexity index is 482. The smallest absolute Gasteiger partial charge is 0.255 e. The van der Waals surface area contributed by atoms with Crippen molar-refractivity contribution in [2.75, 3.05) is 19.4 Å². The first-order valence-electron chi connectivity index (χ1n) is 6.98. The summed E-state index contributed by atoms with van der Waals surface area (Å²) in [6, 6.07) is 4.93. The molecule has 0 spiro atoms. The minimum atomic E-state index is -0.776. The summed E-state index contributed by atoms with van der Waals surface area (Å²) in [7, 11) is 1.51. The molecule has 1 aromatic rings. The molecule has 2 rings (SSSR count). The molecule has 0 bridgehead atoms. The van der Waals surface area contributed by atoms with Crippen LogP contribution in [0.25, 0.3) is 0 Å². The van der Waals surface area contributed by atoms with E-state index in [-0.39, 0.29) is 12.5 Å². The second kappa shape index (κ2) is 6.13. The predicted octanol–water partition coefficient (Wildman–Crippen LogP) is 1.70. The summed E-state index contributed by atoms with van der Waals surface area (Å²) < 4.78 is 5.16. The van der Waals surface area contributed by atoms with E-state index in [9.17, 15) is 9.90 Å². The van der Waals surface area contributed by atoms with E-state index in [2.05, 4.69) is 5.32 Å². The van der Waals surface area contributed by atoms with Crippen LogP contribution in [-0.4, -0.2) is 30.3 Å². The Kier molecular flexibility index (Phi) is 4.49. The van der Waals surface area contributed by atoms with Crippen LogP contribution in [0.5, 0.6) is 5.75 Å². The highest BCUT2D eigenvalue weighted by Crippen LogP contribution is 2.27. The minimum Gasteiger partial charge on any atom is -0.496 e. The lowest BCUT2D eigenvalue weighted by atomic mass is 9.85. The Morgan fingerprint density at radius 3 is 2.75 bits per heavy atom. The van der Waals surface area contributed by atoms with Crippen LogP contribution in [0.1, 0.15) is 42.5 Å². The molecule has 0 atom stereocenters. The number of anilines is 1. The average molecular weight is 278 g/mol. The molecule has 20 heavy (non-hydrogen) atoms. The number of nitrogen functional groups attached to an aromatic ring is 1. The zero-order valence-corrected chi connectivity index (χ0v) is 11.8. The first kappa shape index (κ1) is 14.7. The van der Waals surface area contributed by atoms with Gasteiger partial charge in [0.15, 0.2) is 0 Å². The molecule has 1 aliphatic carbocycles. The fraction of sp³-hybridized carbons (Fsp3) is 0.533. The van der Waals surface area contributed by atoms with Gasteiger partial charge in [-0.25, -0.2) is 0 Å². The molecule has 4 N–H and O–H groups in total. The number of methoxy groups -OCH3 is 1. The minimum absolute atomic E-state index is 0.268. The van der Waals surface area contributed by atoms with E-state index in [4.69, 9.17) is 10.5 Å². The standard InChI is InChI=1S/C15H22N2O3/c1-20-13-6-5-11(16)9-12(13)14(18)17-10-15(19)7-3-2-4-8-15/h5-6,9,19H,2-4,7-8,10,16H2,1H3,(H,17,18). The normalized spacial score (nSPS) is 17.5. The fourth-order valence-corrected chi connectivity index (χ4v) is 2.63. The zero-order valence-electron chi connectivity index (χ0n) is 11.8. The van der Waals surface area contributed by atoms with Crippen LogP contribution in [0.2, 0.25) is 0 Å². The topological polar surface area (TPSA) is 84.6 Å². The Morgan fingerprint density at radius 1 is 1.40 bits per heavy atom. The lowest BCUT2D eigenvalue weighted by Gasteiger charge is -2.32. The lowest BCUT2D eigenvalue weighted by Crippen LogP contribution is -2.44. The predicted molar refractivity (Wildman–Crippen MR) is 77.8 cm³/mol. The summed E-state index contributed by atoms with van der Waals surface area (Å²) in [5, 5.41) is 13.2. The number of hydrogen-bond acceptors (Lipinski definition) is 4. The molecule has 0 radical (unpaired) electrons. The zero-order chi connectivity index (χ0) is 14.6. The maximum atomic E-state index is 12.2. The second-order valence-electron chi connectivity index (χ2n) is 5.43. The van der Waals surface area contributed by atoms with Crippen LogP contribution in [-0.2, 0) is 0 Å². The van der Waals surface area contributed by atoms with Gasteiger partial charge in [-0.15, -0.1) is 0 Å². The summed E-state index contributed by atoms with van der Waals surface area (Å²) >= 11 is 0. The average Bonchev–Trinajstić information content (AvgIpc) is 2.45. The maximum absolute atomic E-state index is 12.2. The van der Waals surface area contributed by atoms with E-state index in [1.54, 1.807) is 18.2 Å². The molecule has 1 aromatic carbocycles. The van der Waals surface area contributed by atoms with E-state index >= 15 is 0 Å². The first-order chi connectivity index (χ1) is 9.54. The van der Waals surface area contributed by atoms with Crippen molar-refractivity contribution in [3.05, 3.63) is 23.8 Å². The van der Waals surface area contributed by atoms with Gasteiger partial charge in [-0.05, 0) is 31.0 Å². The van der Waals surface area contributed by atoms with Gasteiger partial charge in [0, 0.05) is 12.2 Å². The molecule has 0 heterocycles. The lowest BCUT2D eigenvalue weighted by molar-refractivity contribution is 0.00523. The summed E-state index contributed by atoms with van der Waals surface area (Å²) in [5.41, 5.74) is 5.83. The van der Waals surface area contributed by atoms with Crippen molar-refractivity contribution in [1.82, 2.24) is 5.32 Å². The van der Waals surface area contributed by atoms with Crippen LogP contribution in [0.15, 0.2) is 18.2 Å². The van der Waals surface area contributed by atoms with Gasteiger partial charge in [-0.3, -0.25) is 4.79 Å². The highest BCUT2D eigenvalue weighted by molar-refractivity contribution is 5.97. The van der Waals surface area contributed by atoms with Gasteiger partial charge in [0.25, 0.3) is 5.91 Å². The summed E-state index contributed by atoms with van der Waals surface area (Å²) in [5.74, 6) is 0.209. The number of nitrogens with two attached hydrogens (primary N) is 1. The highest BCUT2D eigenvalue weighted by atomic mass is 16.5. The number of amides is 1. The summed E-state index contributed by atoms with van der Waals surface area (Å²) in [6.45, 7) is 0.268. The van der Waals surface area contributed by atoms with Gasteiger partial charge in [-0.2, -0.15) is 0 Å². The third-order valence-electron chi connectivity index (χ3n) is 3.83. The van der Waals surface area contributed by atoms with E-state index in [1.165, 1.54) is 7.11 Å². The van der Waals surface area contributed by atoms with E-state index in [0.29, 0.717) is 17.0 Å². The van der Waals surface area contributed by atoms with Gasteiger partial charge in [0.1, 0.15) is 5.75 Å². The highest BCUT2D eigenvalue weighted by Gasteiger charge is 2.29. The number of nitrogens with one attached hydrogen (secondary N) is 1. The third kappa shape index (κ3) is 3.42. The Morgan fingerprint density at radius 2 is 2.10 bits per heavy atom. The van der Waals surface area contributed by atoms with Crippen molar-refractivity contribution in [2.24, 2.45) is 0 Å². The number of rotatable bonds is 4. The first-order valence-corrected chi connectivity index (χ1v) is 6.98. The number of carbonyl (C=O) groups excluding carboxylic acids is 1. The molecule has 0 aliphatic heterocycles. The summed E-state index contributed by atoms with van der Waals surface area (Å²) in [6.07, 6.45) is 4.64. The maximum Gasteiger partial charge on any atom is 0.255 e. The third-order valence-corrected chi connectivity index (χ3v) is 3.83.